The summed E-state index contributed by atoms with van der Waals surface area (Å²) in [6.45, 7) is 0. The molecule has 0 aliphatic heterocycles. The highest BCUT2D eigenvalue weighted by Crippen LogP contribution is 2.31. The number of pyridine rings is 1. The summed E-state index contributed by atoms with van der Waals surface area (Å²) in [6, 6.07) is 0. The van der Waals surface area contributed by atoms with Crippen molar-refractivity contribution in [3.63, 3.8) is 0 Å². The zero-order valence-electron chi connectivity index (χ0n) is 6.10. The second kappa shape index (κ2) is 4.41. The normalized spacial score (nSPS) is 10.5. The fourth-order valence-corrected chi connectivity index (χ4v) is 2.34. The highest BCUT2D eigenvalue weighted by atomic mass is 127. The Labute approximate surface area is 95.0 Å². The SMILES string of the molecule is O=Cc1cnc(I)c(C(F)F)c1Br. The average Bonchev–Trinajstić information content (AvgIpc) is 2.04. The predicted octanol–water partition coefficient (Wildman–Crippen LogP) is 3.20. The van der Waals surface area contributed by atoms with Gasteiger partial charge in [0, 0.05) is 16.2 Å². The van der Waals surface area contributed by atoms with Crippen molar-refractivity contribution >= 4 is 44.8 Å². The van der Waals surface area contributed by atoms with Crippen molar-refractivity contribution in [2.24, 2.45) is 0 Å². The summed E-state index contributed by atoms with van der Waals surface area (Å²) in [4.78, 5) is 14.1. The monoisotopic (exact) mass is 361 g/mol. The lowest BCUT2D eigenvalue weighted by atomic mass is 10.2. The van der Waals surface area contributed by atoms with Crippen molar-refractivity contribution in [1.82, 2.24) is 4.98 Å². The van der Waals surface area contributed by atoms with Gasteiger partial charge in [-0.15, -0.1) is 0 Å². The van der Waals surface area contributed by atoms with Gasteiger partial charge in [-0.25, -0.2) is 13.8 Å². The van der Waals surface area contributed by atoms with Gasteiger partial charge in [-0.2, -0.15) is 0 Å². The van der Waals surface area contributed by atoms with E-state index in [0.717, 1.165) is 0 Å². The molecule has 0 spiro atoms. The summed E-state index contributed by atoms with van der Waals surface area (Å²) >= 11 is 4.63. The van der Waals surface area contributed by atoms with E-state index in [9.17, 15) is 13.6 Å². The lowest BCUT2D eigenvalue weighted by Gasteiger charge is -2.06. The number of nitrogens with zero attached hydrogens (tertiary/aromatic N) is 1. The molecule has 1 heterocycles. The van der Waals surface area contributed by atoms with Gasteiger partial charge in [0.15, 0.2) is 6.29 Å². The second-order valence-corrected chi connectivity index (χ2v) is 3.97. The molecule has 2 nitrogen and oxygen atoms in total. The van der Waals surface area contributed by atoms with Gasteiger partial charge in [0.25, 0.3) is 6.43 Å². The summed E-state index contributed by atoms with van der Waals surface area (Å²) < 4.78 is 25.1. The van der Waals surface area contributed by atoms with Crippen LogP contribution in [-0.4, -0.2) is 11.3 Å². The van der Waals surface area contributed by atoms with Crippen LogP contribution in [0.25, 0.3) is 0 Å². The third-order valence-corrected chi connectivity index (χ3v) is 3.12. The Bertz CT molecular complexity index is 346. The van der Waals surface area contributed by atoms with Crippen molar-refractivity contribution in [3.05, 3.63) is 25.5 Å². The molecule has 0 aliphatic carbocycles. The summed E-state index contributed by atoms with van der Waals surface area (Å²) in [6.07, 6.45) is -0.891. The molecule has 0 aliphatic rings. The Balaban J connectivity index is 3.38. The topological polar surface area (TPSA) is 30.0 Å². The summed E-state index contributed by atoms with van der Waals surface area (Å²) in [7, 11) is 0. The molecule has 1 aromatic rings. The third-order valence-electron chi connectivity index (χ3n) is 1.37. The van der Waals surface area contributed by atoms with Gasteiger partial charge in [-0.1, -0.05) is 0 Å². The molecule has 1 rings (SSSR count). The number of halogens is 4. The van der Waals surface area contributed by atoms with Gasteiger partial charge in [-0.3, -0.25) is 4.79 Å². The van der Waals surface area contributed by atoms with Crippen molar-refractivity contribution in [2.75, 3.05) is 0 Å². The highest BCUT2D eigenvalue weighted by Gasteiger charge is 2.18. The first-order chi connectivity index (χ1) is 6.07. The first-order valence-electron chi connectivity index (χ1n) is 3.15. The Morgan fingerprint density at radius 3 is 2.69 bits per heavy atom. The van der Waals surface area contributed by atoms with E-state index in [1.165, 1.54) is 6.20 Å². The van der Waals surface area contributed by atoms with Gasteiger partial charge in [0.1, 0.15) is 3.70 Å². The molecule has 1 aromatic heterocycles. The van der Waals surface area contributed by atoms with Crippen molar-refractivity contribution in [3.8, 4) is 0 Å². The first kappa shape index (κ1) is 11.0. The van der Waals surface area contributed by atoms with Crippen LogP contribution in [0.2, 0.25) is 0 Å². The predicted molar refractivity (Wildman–Crippen MR) is 55.0 cm³/mol. The van der Waals surface area contributed by atoms with Gasteiger partial charge in [0.2, 0.25) is 0 Å². The lowest BCUT2D eigenvalue weighted by molar-refractivity contribution is 0.112. The van der Waals surface area contributed by atoms with E-state index in [0.29, 0.717) is 6.29 Å². The van der Waals surface area contributed by atoms with Gasteiger partial charge < -0.3 is 0 Å². The molecule has 0 aromatic carbocycles. The number of aldehydes is 1. The number of alkyl halides is 2. The average molecular weight is 362 g/mol. The van der Waals surface area contributed by atoms with Crippen molar-refractivity contribution in [2.45, 2.75) is 6.43 Å². The van der Waals surface area contributed by atoms with E-state index >= 15 is 0 Å². The Hall–Kier alpha value is -0.110. The highest BCUT2D eigenvalue weighted by molar-refractivity contribution is 14.1. The maximum absolute atomic E-state index is 12.4. The molecule has 0 amide bonds. The molecular weight excluding hydrogens is 359 g/mol. The first-order valence-corrected chi connectivity index (χ1v) is 5.02. The number of hydrogen-bond acceptors (Lipinski definition) is 2. The van der Waals surface area contributed by atoms with E-state index in [2.05, 4.69) is 20.9 Å². The number of carbonyl (C=O) groups excluding carboxylic acids is 1. The summed E-state index contributed by atoms with van der Waals surface area (Å²) in [5.74, 6) is 0. The fourth-order valence-electron chi connectivity index (χ4n) is 0.766. The number of aromatic nitrogens is 1. The van der Waals surface area contributed by atoms with Crippen LogP contribution >= 0.6 is 38.5 Å². The molecule has 6 heteroatoms. The smallest absolute Gasteiger partial charge is 0.267 e. The maximum Gasteiger partial charge on any atom is 0.267 e. The van der Waals surface area contributed by atoms with Gasteiger partial charge in [0.05, 0.1) is 5.56 Å². The lowest BCUT2D eigenvalue weighted by Crippen LogP contribution is -1.98. The molecule has 0 fully saturated rings. The van der Waals surface area contributed by atoms with Crippen molar-refractivity contribution in [1.29, 1.82) is 0 Å². The van der Waals surface area contributed by atoms with Gasteiger partial charge in [-0.05, 0) is 38.5 Å². The van der Waals surface area contributed by atoms with Crippen LogP contribution in [0.15, 0.2) is 10.7 Å². The van der Waals surface area contributed by atoms with Crippen molar-refractivity contribution < 1.29 is 13.6 Å². The molecular formula is C7H3BrF2INO. The Morgan fingerprint density at radius 2 is 2.23 bits per heavy atom. The van der Waals surface area contributed by atoms with E-state index in [4.69, 9.17) is 0 Å². The number of carbonyl (C=O) groups is 1. The maximum atomic E-state index is 12.4. The number of hydrogen-bond donors (Lipinski definition) is 0. The molecule has 0 saturated carbocycles. The molecule has 0 bridgehead atoms. The quantitative estimate of drug-likeness (QED) is 0.460. The van der Waals surface area contributed by atoms with Crippen LogP contribution in [-0.2, 0) is 0 Å². The fraction of sp³-hybridized carbons (Fsp3) is 0.143. The van der Waals surface area contributed by atoms with Crippen LogP contribution in [0.1, 0.15) is 22.3 Å². The molecule has 0 radical (unpaired) electrons. The van der Waals surface area contributed by atoms with Crippen LogP contribution in [0, 0.1) is 3.70 Å². The molecule has 0 atom stereocenters. The third kappa shape index (κ3) is 2.22. The van der Waals surface area contributed by atoms with E-state index in [1.54, 1.807) is 22.6 Å². The Morgan fingerprint density at radius 1 is 1.62 bits per heavy atom. The largest absolute Gasteiger partial charge is 0.298 e. The standard InChI is InChI=1S/C7H3BrF2INO/c8-5-3(2-13)1-12-7(11)4(5)6(9)10/h1-2,6H. The molecule has 0 saturated heterocycles. The summed E-state index contributed by atoms with van der Waals surface area (Å²) in [5, 5.41) is 0. The second-order valence-electron chi connectivity index (χ2n) is 2.15. The zero-order valence-corrected chi connectivity index (χ0v) is 9.84. The van der Waals surface area contributed by atoms with Gasteiger partial charge >= 0.3 is 0 Å². The molecule has 0 unspecified atom stereocenters. The van der Waals surface area contributed by atoms with E-state index in [1.807, 2.05) is 0 Å². The van der Waals surface area contributed by atoms with Crippen LogP contribution < -0.4 is 0 Å². The molecule has 13 heavy (non-hydrogen) atoms. The minimum absolute atomic E-state index is 0.122. The summed E-state index contributed by atoms with van der Waals surface area (Å²) in [5.41, 5.74) is -0.0964. The molecule has 70 valence electrons. The Kier molecular flexibility index (Phi) is 3.72. The van der Waals surface area contributed by atoms with Crippen LogP contribution in [0.4, 0.5) is 8.78 Å². The minimum Gasteiger partial charge on any atom is -0.298 e. The molecule has 0 N–H and O–H groups in total. The minimum atomic E-state index is -2.63. The van der Waals surface area contributed by atoms with E-state index in [-0.39, 0.29) is 19.3 Å². The van der Waals surface area contributed by atoms with E-state index < -0.39 is 6.43 Å². The zero-order chi connectivity index (χ0) is 10.0. The number of rotatable bonds is 2. The van der Waals surface area contributed by atoms with Crippen LogP contribution in [0.3, 0.4) is 0 Å². The van der Waals surface area contributed by atoms with Crippen LogP contribution in [0.5, 0.6) is 0 Å².